The first-order valence-corrected chi connectivity index (χ1v) is 9.40. The van der Waals surface area contributed by atoms with E-state index in [4.69, 9.17) is 16.3 Å². The first-order chi connectivity index (χ1) is 12.5. The molecule has 0 aliphatic carbocycles. The molecule has 2 aromatic rings. The van der Waals surface area contributed by atoms with E-state index >= 15 is 0 Å². The molecule has 4 nitrogen and oxygen atoms in total. The van der Waals surface area contributed by atoms with Crippen molar-refractivity contribution in [1.82, 2.24) is 0 Å². The molecule has 140 valence electrons. The highest BCUT2D eigenvalue weighted by Gasteiger charge is 2.06. The van der Waals surface area contributed by atoms with E-state index in [-0.39, 0.29) is 5.91 Å². The summed E-state index contributed by atoms with van der Waals surface area (Å²) in [7, 11) is 0. The van der Waals surface area contributed by atoms with Gasteiger partial charge >= 0.3 is 0 Å². The van der Waals surface area contributed by atoms with Gasteiger partial charge in [0, 0.05) is 24.3 Å². The summed E-state index contributed by atoms with van der Waals surface area (Å²) in [4.78, 5) is 11.9. The second-order valence-corrected chi connectivity index (χ2v) is 7.10. The molecule has 0 aliphatic rings. The van der Waals surface area contributed by atoms with Crippen LogP contribution < -0.4 is 15.4 Å². The standard InChI is InChI=1S/C21H27ClN2O2/c1-4-10-26-20-9-8-16(12-19(20)22)14-23-17-6-5-7-18(13-17)24-21(25)11-15(2)3/h5-9,12-13,15,23H,4,10-11,14H2,1-3H3,(H,24,25). The van der Waals surface area contributed by atoms with Crippen LogP contribution in [-0.2, 0) is 11.3 Å². The quantitative estimate of drug-likeness (QED) is 0.589. The van der Waals surface area contributed by atoms with Crippen molar-refractivity contribution in [2.45, 2.75) is 40.2 Å². The molecular weight excluding hydrogens is 348 g/mol. The number of rotatable bonds is 9. The molecule has 0 atom stereocenters. The molecule has 0 unspecified atom stereocenters. The van der Waals surface area contributed by atoms with Crippen molar-refractivity contribution < 1.29 is 9.53 Å². The number of halogens is 1. The summed E-state index contributed by atoms with van der Waals surface area (Å²) in [6, 6.07) is 13.5. The predicted molar refractivity (Wildman–Crippen MR) is 109 cm³/mol. The number of amides is 1. The monoisotopic (exact) mass is 374 g/mol. The fourth-order valence-corrected chi connectivity index (χ4v) is 2.73. The molecule has 26 heavy (non-hydrogen) atoms. The Bertz CT molecular complexity index is 732. The van der Waals surface area contributed by atoms with Crippen LogP contribution in [0.1, 0.15) is 39.2 Å². The molecule has 0 aliphatic heterocycles. The van der Waals surface area contributed by atoms with Gasteiger partial charge in [0.15, 0.2) is 0 Å². The SMILES string of the molecule is CCCOc1ccc(CNc2cccc(NC(=O)CC(C)C)c2)cc1Cl. The Kier molecular flexibility index (Phi) is 7.79. The topological polar surface area (TPSA) is 50.4 Å². The zero-order chi connectivity index (χ0) is 18.9. The van der Waals surface area contributed by atoms with Crippen LogP contribution in [0.2, 0.25) is 5.02 Å². The molecule has 0 saturated carbocycles. The first kappa shape index (κ1) is 20.1. The Hall–Kier alpha value is -2.20. The summed E-state index contributed by atoms with van der Waals surface area (Å²) >= 11 is 6.27. The largest absolute Gasteiger partial charge is 0.492 e. The van der Waals surface area contributed by atoms with Crippen LogP contribution in [0.5, 0.6) is 5.75 Å². The third kappa shape index (κ3) is 6.60. The van der Waals surface area contributed by atoms with Crippen molar-refractivity contribution >= 4 is 28.9 Å². The molecule has 0 spiro atoms. The molecule has 0 bridgehead atoms. The predicted octanol–water partition coefficient (Wildman–Crippen LogP) is 5.73. The highest BCUT2D eigenvalue weighted by Crippen LogP contribution is 2.26. The van der Waals surface area contributed by atoms with Gasteiger partial charge in [-0.3, -0.25) is 4.79 Å². The number of ether oxygens (including phenoxy) is 1. The van der Waals surface area contributed by atoms with E-state index in [1.54, 1.807) is 0 Å². The minimum absolute atomic E-state index is 0.0339. The molecule has 2 N–H and O–H groups in total. The van der Waals surface area contributed by atoms with E-state index in [1.165, 1.54) is 0 Å². The number of carbonyl (C=O) groups is 1. The lowest BCUT2D eigenvalue weighted by molar-refractivity contribution is -0.116. The van der Waals surface area contributed by atoms with Crippen molar-refractivity contribution in [2.75, 3.05) is 17.2 Å². The molecule has 0 fully saturated rings. The number of benzene rings is 2. The number of anilines is 2. The normalized spacial score (nSPS) is 10.7. The van der Waals surface area contributed by atoms with Gasteiger partial charge in [0.25, 0.3) is 0 Å². The Morgan fingerprint density at radius 1 is 1.15 bits per heavy atom. The van der Waals surface area contributed by atoms with Gasteiger partial charge in [-0.15, -0.1) is 0 Å². The summed E-state index contributed by atoms with van der Waals surface area (Å²) in [6.45, 7) is 7.41. The lowest BCUT2D eigenvalue weighted by atomic mass is 10.1. The summed E-state index contributed by atoms with van der Waals surface area (Å²) in [5.41, 5.74) is 2.80. The average molecular weight is 375 g/mol. The van der Waals surface area contributed by atoms with E-state index in [0.29, 0.717) is 36.3 Å². The van der Waals surface area contributed by atoms with Gasteiger partial charge in [-0.1, -0.05) is 44.5 Å². The zero-order valence-electron chi connectivity index (χ0n) is 15.6. The van der Waals surface area contributed by atoms with Gasteiger partial charge in [0.1, 0.15) is 5.75 Å². The molecule has 2 rings (SSSR count). The van der Waals surface area contributed by atoms with Crippen LogP contribution in [0.4, 0.5) is 11.4 Å². The van der Waals surface area contributed by atoms with Crippen LogP contribution in [0.25, 0.3) is 0 Å². The Balaban J connectivity index is 1.94. The zero-order valence-corrected chi connectivity index (χ0v) is 16.4. The van der Waals surface area contributed by atoms with E-state index in [9.17, 15) is 4.79 Å². The van der Waals surface area contributed by atoms with Gasteiger partial charge in [-0.25, -0.2) is 0 Å². The molecule has 0 radical (unpaired) electrons. The average Bonchev–Trinajstić information content (AvgIpc) is 2.58. The van der Waals surface area contributed by atoms with E-state index in [1.807, 2.05) is 56.3 Å². The minimum Gasteiger partial charge on any atom is -0.492 e. The molecule has 2 aromatic carbocycles. The Morgan fingerprint density at radius 3 is 2.62 bits per heavy atom. The van der Waals surface area contributed by atoms with Gasteiger partial charge in [-0.05, 0) is 48.2 Å². The molecule has 0 heterocycles. The highest BCUT2D eigenvalue weighted by atomic mass is 35.5. The van der Waals surface area contributed by atoms with Crippen molar-refractivity contribution in [3.63, 3.8) is 0 Å². The van der Waals surface area contributed by atoms with Gasteiger partial charge < -0.3 is 15.4 Å². The van der Waals surface area contributed by atoms with Crippen molar-refractivity contribution in [2.24, 2.45) is 5.92 Å². The number of nitrogens with one attached hydrogen (secondary N) is 2. The molecule has 0 aromatic heterocycles. The van der Waals surface area contributed by atoms with Crippen molar-refractivity contribution in [1.29, 1.82) is 0 Å². The maximum Gasteiger partial charge on any atom is 0.224 e. The van der Waals surface area contributed by atoms with E-state index in [0.717, 1.165) is 23.4 Å². The molecule has 5 heteroatoms. The fraction of sp³-hybridized carbons (Fsp3) is 0.381. The molecule has 0 saturated heterocycles. The van der Waals surface area contributed by atoms with E-state index < -0.39 is 0 Å². The summed E-state index contributed by atoms with van der Waals surface area (Å²) in [5.74, 6) is 1.09. The van der Waals surface area contributed by atoms with Crippen molar-refractivity contribution in [3.05, 3.63) is 53.1 Å². The summed E-state index contributed by atoms with van der Waals surface area (Å²) in [5, 5.41) is 6.90. The Labute approximate surface area is 160 Å². The smallest absolute Gasteiger partial charge is 0.224 e. The number of hydrogen-bond acceptors (Lipinski definition) is 3. The van der Waals surface area contributed by atoms with Crippen LogP contribution in [0.15, 0.2) is 42.5 Å². The van der Waals surface area contributed by atoms with Crippen LogP contribution in [0.3, 0.4) is 0 Å². The van der Waals surface area contributed by atoms with Crippen molar-refractivity contribution in [3.8, 4) is 5.75 Å². The maximum absolute atomic E-state index is 11.9. The minimum atomic E-state index is 0.0339. The van der Waals surface area contributed by atoms with Gasteiger partial charge in [0.2, 0.25) is 5.91 Å². The maximum atomic E-state index is 11.9. The number of carbonyl (C=O) groups excluding carboxylic acids is 1. The highest BCUT2D eigenvalue weighted by molar-refractivity contribution is 6.32. The summed E-state index contributed by atoms with van der Waals surface area (Å²) in [6.07, 6.45) is 1.46. The lowest BCUT2D eigenvalue weighted by Crippen LogP contribution is -2.13. The van der Waals surface area contributed by atoms with Gasteiger partial charge in [-0.2, -0.15) is 0 Å². The second kappa shape index (κ2) is 10.1. The van der Waals surface area contributed by atoms with Gasteiger partial charge in [0.05, 0.1) is 11.6 Å². The second-order valence-electron chi connectivity index (χ2n) is 6.69. The van der Waals surface area contributed by atoms with Crippen LogP contribution in [-0.4, -0.2) is 12.5 Å². The fourth-order valence-electron chi connectivity index (χ4n) is 2.48. The van der Waals surface area contributed by atoms with Crippen LogP contribution in [0, 0.1) is 5.92 Å². The summed E-state index contributed by atoms with van der Waals surface area (Å²) < 4.78 is 5.59. The third-order valence-electron chi connectivity index (χ3n) is 3.69. The lowest BCUT2D eigenvalue weighted by Gasteiger charge is -2.12. The third-order valence-corrected chi connectivity index (χ3v) is 3.99. The number of hydrogen-bond donors (Lipinski definition) is 2. The Morgan fingerprint density at radius 2 is 1.92 bits per heavy atom. The molecular formula is C21H27ClN2O2. The first-order valence-electron chi connectivity index (χ1n) is 9.03. The van der Waals surface area contributed by atoms with E-state index in [2.05, 4.69) is 17.6 Å². The molecule has 1 amide bonds. The van der Waals surface area contributed by atoms with Crippen LogP contribution >= 0.6 is 11.6 Å².